The second-order valence-corrected chi connectivity index (χ2v) is 8.93. The van der Waals surface area contributed by atoms with Crippen LogP contribution >= 0.6 is 11.3 Å². The van der Waals surface area contributed by atoms with E-state index in [4.69, 9.17) is 15.2 Å². The second kappa shape index (κ2) is 9.91. The number of anilines is 3. The average Bonchev–Trinajstić information content (AvgIpc) is 3.18. The van der Waals surface area contributed by atoms with Crippen molar-refractivity contribution in [3.05, 3.63) is 64.7 Å². The van der Waals surface area contributed by atoms with Crippen LogP contribution in [0.15, 0.2) is 36.4 Å². The number of halogens is 2. The molecular weight excluding hydrogens is 476 g/mol. The van der Waals surface area contributed by atoms with Gasteiger partial charge in [0.05, 0.1) is 19.8 Å². The molecule has 0 fully saturated rings. The molecule has 2 N–H and O–H groups in total. The summed E-state index contributed by atoms with van der Waals surface area (Å²) in [6, 6.07) is 8.91. The van der Waals surface area contributed by atoms with E-state index in [9.17, 15) is 18.4 Å². The van der Waals surface area contributed by atoms with Gasteiger partial charge >= 0.3 is 12.1 Å². The number of rotatable bonds is 6. The number of carbonyl (C=O) groups is 2. The zero-order chi connectivity index (χ0) is 25.3. The van der Waals surface area contributed by atoms with Crippen molar-refractivity contribution in [2.24, 2.45) is 0 Å². The number of esters is 1. The minimum Gasteiger partial charge on any atom is -0.462 e. The van der Waals surface area contributed by atoms with E-state index in [1.807, 2.05) is 24.1 Å². The second-order valence-electron chi connectivity index (χ2n) is 7.93. The first-order valence-corrected chi connectivity index (χ1v) is 11.9. The van der Waals surface area contributed by atoms with Gasteiger partial charge in [0.25, 0.3) is 0 Å². The summed E-state index contributed by atoms with van der Waals surface area (Å²) in [5.41, 5.74) is 8.78. The zero-order valence-corrected chi connectivity index (χ0v) is 20.4. The topological polar surface area (TPSA) is 85.1 Å². The molecule has 0 spiro atoms. The maximum atomic E-state index is 14.5. The summed E-state index contributed by atoms with van der Waals surface area (Å²) in [5.74, 6) is -2.24. The highest BCUT2D eigenvalue weighted by molar-refractivity contribution is 7.20. The third-order valence-corrected chi connectivity index (χ3v) is 6.94. The maximum Gasteiger partial charge on any atom is 0.415 e. The molecule has 0 radical (unpaired) electrons. The Morgan fingerprint density at radius 3 is 2.46 bits per heavy atom. The van der Waals surface area contributed by atoms with Gasteiger partial charge in [-0.2, -0.15) is 0 Å². The van der Waals surface area contributed by atoms with Crippen LogP contribution in [0, 0.1) is 11.6 Å². The SMILES string of the molecule is CCOC(=O)c1c(N(Cc2c(F)cccc2F)C(=O)OCC)sc2c1CN(C)c1cc(N)ccc1-2. The summed E-state index contributed by atoms with van der Waals surface area (Å²) in [6.45, 7) is 3.35. The van der Waals surface area contributed by atoms with Gasteiger partial charge in [-0.1, -0.05) is 6.07 Å². The van der Waals surface area contributed by atoms with E-state index in [2.05, 4.69) is 0 Å². The largest absolute Gasteiger partial charge is 0.462 e. The Labute approximate surface area is 205 Å². The molecule has 10 heteroatoms. The molecule has 7 nitrogen and oxygen atoms in total. The molecule has 1 aliphatic heterocycles. The van der Waals surface area contributed by atoms with E-state index in [0.29, 0.717) is 17.8 Å². The van der Waals surface area contributed by atoms with E-state index in [0.717, 1.165) is 33.2 Å². The van der Waals surface area contributed by atoms with E-state index < -0.39 is 30.2 Å². The van der Waals surface area contributed by atoms with Crippen LogP contribution < -0.4 is 15.5 Å². The first-order chi connectivity index (χ1) is 16.8. The molecule has 0 aliphatic carbocycles. The molecule has 4 rings (SSSR count). The molecule has 3 aromatic rings. The standard InChI is InChI=1S/C25H25F2N3O4S/c1-4-33-24(31)21-17-12-29(3)20-11-14(28)9-10-15(20)22(17)35-23(21)30(25(32)34-5-2)13-16-18(26)7-6-8-19(16)27/h6-11H,4-5,12-13,28H2,1-3H3. The number of nitrogens with two attached hydrogens (primary N) is 1. The van der Waals surface area contributed by atoms with Gasteiger partial charge in [0, 0.05) is 46.5 Å². The lowest BCUT2D eigenvalue weighted by Crippen LogP contribution is -2.32. The molecule has 0 bridgehead atoms. The summed E-state index contributed by atoms with van der Waals surface area (Å²) < 4.78 is 39.6. The smallest absolute Gasteiger partial charge is 0.415 e. The van der Waals surface area contributed by atoms with Gasteiger partial charge in [0.2, 0.25) is 0 Å². The fourth-order valence-corrected chi connectivity index (χ4v) is 5.39. The summed E-state index contributed by atoms with van der Waals surface area (Å²) >= 11 is 1.17. The van der Waals surface area contributed by atoms with Gasteiger partial charge in [0.15, 0.2) is 0 Å². The molecule has 0 saturated heterocycles. The molecule has 0 saturated carbocycles. The van der Waals surface area contributed by atoms with Crippen LogP contribution in [0.2, 0.25) is 0 Å². The van der Waals surface area contributed by atoms with Crippen molar-refractivity contribution < 1.29 is 27.8 Å². The Morgan fingerprint density at radius 2 is 1.80 bits per heavy atom. The number of fused-ring (bicyclic) bond motifs is 3. The fourth-order valence-electron chi connectivity index (χ4n) is 4.07. The predicted molar refractivity (Wildman–Crippen MR) is 132 cm³/mol. The summed E-state index contributed by atoms with van der Waals surface area (Å²) in [5, 5.41) is 0.202. The van der Waals surface area contributed by atoms with Crippen molar-refractivity contribution >= 4 is 39.8 Å². The van der Waals surface area contributed by atoms with Gasteiger partial charge < -0.3 is 20.1 Å². The highest BCUT2D eigenvalue weighted by Crippen LogP contribution is 2.50. The minimum atomic E-state index is -0.829. The first-order valence-electron chi connectivity index (χ1n) is 11.1. The van der Waals surface area contributed by atoms with Crippen LogP contribution in [0.3, 0.4) is 0 Å². The Morgan fingerprint density at radius 1 is 1.11 bits per heavy atom. The minimum absolute atomic E-state index is 0.0414. The van der Waals surface area contributed by atoms with Crippen LogP contribution in [0.4, 0.5) is 30.0 Å². The van der Waals surface area contributed by atoms with Crippen molar-refractivity contribution in [1.29, 1.82) is 0 Å². The Bertz CT molecular complexity index is 1270. The number of benzene rings is 2. The molecule has 2 heterocycles. The van der Waals surface area contributed by atoms with Gasteiger partial charge in [-0.3, -0.25) is 4.90 Å². The highest BCUT2D eigenvalue weighted by Gasteiger charge is 2.35. The normalized spacial score (nSPS) is 12.1. The van der Waals surface area contributed by atoms with Crippen LogP contribution in [0.1, 0.15) is 35.3 Å². The number of carbonyl (C=O) groups excluding carboxylic acids is 2. The van der Waals surface area contributed by atoms with Gasteiger partial charge in [0.1, 0.15) is 22.2 Å². The van der Waals surface area contributed by atoms with Crippen LogP contribution in [-0.4, -0.2) is 32.3 Å². The predicted octanol–water partition coefficient (Wildman–Crippen LogP) is 5.57. The average molecular weight is 502 g/mol. The quantitative estimate of drug-likeness (QED) is 0.351. The molecular formula is C25H25F2N3O4S. The number of hydrogen-bond donors (Lipinski definition) is 1. The Hall–Kier alpha value is -3.66. The third-order valence-electron chi connectivity index (χ3n) is 5.65. The van der Waals surface area contributed by atoms with Gasteiger partial charge in [-0.05, 0) is 44.2 Å². The summed E-state index contributed by atoms with van der Waals surface area (Å²) in [7, 11) is 1.87. The lowest BCUT2D eigenvalue weighted by Gasteiger charge is -2.28. The molecule has 0 atom stereocenters. The van der Waals surface area contributed by atoms with Crippen molar-refractivity contribution in [2.75, 3.05) is 35.8 Å². The van der Waals surface area contributed by atoms with E-state index in [1.165, 1.54) is 17.4 Å². The first kappa shape index (κ1) is 24.5. The summed E-state index contributed by atoms with van der Waals surface area (Å²) in [4.78, 5) is 30.0. The molecule has 1 amide bonds. The third kappa shape index (κ3) is 4.53. The lowest BCUT2D eigenvalue weighted by molar-refractivity contribution is 0.0526. The van der Waals surface area contributed by atoms with Gasteiger partial charge in [-0.15, -0.1) is 11.3 Å². The molecule has 0 unspecified atom stereocenters. The molecule has 1 aromatic heterocycles. The summed E-state index contributed by atoms with van der Waals surface area (Å²) in [6.07, 6.45) is -0.829. The molecule has 2 aromatic carbocycles. The van der Waals surface area contributed by atoms with E-state index in [-0.39, 0.29) is 29.3 Å². The number of thiophene rings is 1. The number of nitrogens with zero attached hydrogens (tertiary/aromatic N) is 2. The molecule has 1 aliphatic rings. The van der Waals surface area contributed by atoms with Crippen LogP contribution in [-0.2, 0) is 22.6 Å². The van der Waals surface area contributed by atoms with Crippen molar-refractivity contribution in [2.45, 2.75) is 26.9 Å². The number of amides is 1. The number of ether oxygens (including phenoxy) is 2. The van der Waals surface area contributed by atoms with Crippen molar-refractivity contribution in [3.8, 4) is 10.4 Å². The fraction of sp³-hybridized carbons (Fsp3) is 0.280. The number of hydrogen-bond acceptors (Lipinski definition) is 7. The van der Waals surface area contributed by atoms with Crippen LogP contribution in [0.25, 0.3) is 10.4 Å². The van der Waals surface area contributed by atoms with Crippen molar-refractivity contribution in [3.63, 3.8) is 0 Å². The Kier molecular flexibility index (Phi) is 6.93. The van der Waals surface area contributed by atoms with Gasteiger partial charge in [-0.25, -0.2) is 18.4 Å². The van der Waals surface area contributed by atoms with E-state index >= 15 is 0 Å². The maximum absolute atomic E-state index is 14.5. The molecule has 35 heavy (non-hydrogen) atoms. The van der Waals surface area contributed by atoms with E-state index in [1.54, 1.807) is 19.9 Å². The van der Waals surface area contributed by atoms with Crippen molar-refractivity contribution in [1.82, 2.24) is 0 Å². The highest BCUT2D eigenvalue weighted by atomic mass is 32.1. The Balaban J connectivity index is 1.94. The zero-order valence-electron chi connectivity index (χ0n) is 19.6. The monoisotopic (exact) mass is 501 g/mol. The van der Waals surface area contributed by atoms with Crippen LogP contribution in [0.5, 0.6) is 0 Å². The molecule has 184 valence electrons. The number of nitrogen functional groups attached to an aromatic ring is 1. The lowest BCUT2D eigenvalue weighted by atomic mass is 9.98.